The second kappa shape index (κ2) is 8.12. The van der Waals surface area contributed by atoms with Gasteiger partial charge in [0.05, 0.1) is 12.8 Å². The number of hydrogen-bond acceptors (Lipinski definition) is 6. The van der Waals surface area contributed by atoms with E-state index in [1.54, 1.807) is 19.2 Å². The molecule has 4 rings (SSSR count). The Morgan fingerprint density at radius 1 is 1.10 bits per heavy atom. The van der Waals surface area contributed by atoms with E-state index in [4.69, 9.17) is 9.15 Å². The predicted octanol–water partition coefficient (Wildman–Crippen LogP) is 3.78. The number of carbonyl (C=O) groups excluding carboxylic acids is 2. The Balaban J connectivity index is 1.42. The van der Waals surface area contributed by atoms with Crippen molar-refractivity contribution >= 4 is 28.3 Å². The van der Waals surface area contributed by atoms with Gasteiger partial charge in [0, 0.05) is 13.2 Å². The maximum atomic E-state index is 12.5. The van der Waals surface area contributed by atoms with E-state index in [1.165, 1.54) is 18.0 Å². The molecule has 0 aliphatic rings. The van der Waals surface area contributed by atoms with E-state index in [0.717, 1.165) is 10.8 Å². The first kappa shape index (κ1) is 19.3. The molecule has 30 heavy (non-hydrogen) atoms. The lowest BCUT2D eigenvalue weighted by molar-refractivity contribution is 0.0594. The topological polar surface area (TPSA) is 95.6 Å². The molecule has 4 aromatic rings. The van der Waals surface area contributed by atoms with E-state index in [2.05, 4.69) is 15.2 Å². The van der Waals surface area contributed by atoms with E-state index in [9.17, 15) is 9.59 Å². The highest BCUT2D eigenvalue weighted by Crippen LogP contribution is 2.22. The van der Waals surface area contributed by atoms with Gasteiger partial charge in [-0.1, -0.05) is 30.3 Å². The van der Waals surface area contributed by atoms with Crippen LogP contribution in [0.4, 0.5) is 5.69 Å². The van der Waals surface area contributed by atoms with Gasteiger partial charge in [0.2, 0.25) is 0 Å². The van der Waals surface area contributed by atoms with Crippen molar-refractivity contribution in [3.8, 4) is 5.75 Å². The summed E-state index contributed by atoms with van der Waals surface area (Å²) < 4.78 is 17.4. The van der Waals surface area contributed by atoms with Crippen molar-refractivity contribution in [3.05, 3.63) is 78.0 Å². The number of rotatable bonds is 6. The quantitative estimate of drug-likeness (QED) is 0.491. The van der Waals surface area contributed by atoms with Gasteiger partial charge in [0.1, 0.15) is 18.1 Å². The Hall–Kier alpha value is -4.07. The van der Waals surface area contributed by atoms with Crippen LogP contribution in [0.3, 0.4) is 0 Å². The van der Waals surface area contributed by atoms with Gasteiger partial charge in [-0.15, -0.1) is 0 Å². The molecule has 0 aliphatic heterocycles. The number of anilines is 1. The van der Waals surface area contributed by atoms with Gasteiger partial charge < -0.3 is 19.2 Å². The summed E-state index contributed by atoms with van der Waals surface area (Å²) in [5, 5.41) is 8.81. The van der Waals surface area contributed by atoms with Gasteiger partial charge in [-0.05, 0) is 35.0 Å². The average molecular weight is 405 g/mol. The lowest BCUT2D eigenvalue weighted by atomic mass is 10.1. The van der Waals surface area contributed by atoms with Crippen molar-refractivity contribution in [2.45, 2.75) is 6.61 Å². The Kier molecular flexibility index (Phi) is 5.21. The SMILES string of the molecule is COC(=O)c1nn(C)cc1NC(=O)c1ccc(COc2ccc3ccccc3c2)o1. The highest BCUT2D eigenvalue weighted by Gasteiger charge is 2.20. The minimum absolute atomic E-state index is 0.0137. The Labute approximate surface area is 172 Å². The summed E-state index contributed by atoms with van der Waals surface area (Å²) in [5.41, 5.74) is 0.250. The third kappa shape index (κ3) is 4.02. The van der Waals surface area contributed by atoms with Crippen molar-refractivity contribution in [1.29, 1.82) is 0 Å². The molecule has 1 amide bonds. The number of hydrogen-bond donors (Lipinski definition) is 1. The van der Waals surface area contributed by atoms with Crippen LogP contribution in [0.5, 0.6) is 5.75 Å². The number of carbonyl (C=O) groups is 2. The second-order valence-corrected chi connectivity index (χ2v) is 6.57. The molecule has 2 aromatic carbocycles. The maximum Gasteiger partial charge on any atom is 0.360 e. The van der Waals surface area contributed by atoms with Crippen LogP contribution < -0.4 is 10.1 Å². The molecule has 0 bridgehead atoms. The molecule has 0 saturated carbocycles. The monoisotopic (exact) mass is 405 g/mol. The summed E-state index contributed by atoms with van der Waals surface area (Å²) in [6, 6.07) is 17.0. The van der Waals surface area contributed by atoms with Gasteiger partial charge in [-0.3, -0.25) is 9.48 Å². The highest BCUT2D eigenvalue weighted by atomic mass is 16.5. The van der Waals surface area contributed by atoms with Gasteiger partial charge in [0.15, 0.2) is 11.5 Å². The van der Waals surface area contributed by atoms with E-state index in [-0.39, 0.29) is 23.7 Å². The van der Waals surface area contributed by atoms with Crippen molar-refractivity contribution in [3.63, 3.8) is 0 Å². The second-order valence-electron chi connectivity index (χ2n) is 6.57. The smallest absolute Gasteiger partial charge is 0.360 e. The Morgan fingerprint density at radius 2 is 1.90 bits per heavy atom. The Bertz CT molecular complexity index is 1220. The summed E-state index contributed by atoms with van der Waals surface area (Å²) in [6.45, 7) is 0.173. The number of methoxy groups -OCH3 is 1. The zero-order valence-electron chi connectivity index (χ0n) is 16.4. The fraction of sp³-hybridized carbons (Fsp3) is 0.136. The highest BCUT2D eigenvalue weighted by molar-refractivity contribution is 6.05. The summed E-state index contributed by atoms with van der Waals surface area (Å²) in [4.78, 5) is 24.3. The lowest BCUT2D eigenvalue weighted by Crippen LogP contribution is -2.14. The van der Waals surface area contributed by atoms with Crippen LogP contribution in [0.15, 0.2) is 65.2 Å². The minimum Gasteiger partial charge on any atom is -0.486 e. The molecule has 0 saturated heterocycles. The number of amides is 1. The van der Waals surface area contributed by atoms with E-state index in [1.807, 2.05) is 42.5 Å². The largest absolute Gasteiger partial charge is 0.486 e. The van der Waals surface area contributed by atoms with Gasteiger partial charge in [-0.25, -0.2) is 4.79 Å². The molecule has 8 heteroatoms. The van der Waals surface area contributed by atoms with Crippen molar-refractivity contribution in [2.75, 3.05) is 12.4 Å². The summed E-state index contributed by atoms with van der Waals surface area (Å²) in [6.07, 6.45) is 1.51. The standard InChI is InChI=1S/C22H19N3O5/c1-25-12-18(20(24-25)22(27)28-2)23-21(26)19-10-9-17(30-19)13-29-16-8-7-14-5-3-4-6-15(14)11-16/h3-12H,13H2,1-2H3,(H,23,26). The number of aryl methyl sites for hydroxylation is 1. The van der Waals surface area contributed by atoms with Crippen molar-refractivity contribution in [2.24, 2.45) is 7.05 Å². The molecule has 0 fully saturated rings. The normalized spacial score (nSPS) is 10.7. The molecule has 0 spiro atoms. The lowest BCUT2D eigenvalue weighted by Gasteiger charge is -2.06. The number of ether oxygens (including phenoxy) is 2. The van der Waals surface area contributed by atoms with Crippen LogP contribution in [0.25, 0.3) is 10.8 Å². The zero-order valence-corrected chi connectivity index (χ0v) is 16.4. The van der Waals surface area contributed by atoms with Crippen molar-refractivity contribution in [1.82, 2.24) is 9.78 Å². The molecular weight excluding hydrogens is 386 g/mol. The third-order valence-electron chi connectivity index (χ3n) is 4.44. The fourth-order valence-electron chi connectivity index (χ4n) is 3.00. The summed E-state index contributed by atoms with van der Waals surface area (Å²) in [7, 11) is 2.88. The predicted molar refractivity (Wildman–Crippen MR) is 109 cm³/mol. The van der Waals surface area contributed by atoms with Crippen molar-refractivity contribution < 1.29 is 23.5 Å². The van der Waals surface area contributed by atoms with E-state index >= 15 is 0 Å². The number of fused-ring (bicyclic) bond motifs is 1. The molecule has 0 aliphatic carbocycles. The number of benzene rings is 2. The van der Waals surface area contributed by atoms with Crippen LogP contribution in [-0.2, 0) is 18.4 Å². The number of nitrogens with zero attached hydrogens (tertiary/aromatic N) is 2. The molecule has 0 atom stereocenters. The maximum absolute atomic E-state index is 12.5. The van der Waals surface area contributed by atoms with Gasteiger partial charge in [-0.2, -0.15) is 5.10 Å². The Morgan fingerprint density at radius 3 is 2.70 bits per heavy atom. The third-order valence-corrected chi connectivity index (χ3v) is 4.44. The van der Waals surface area contributed by atoms with Crippen LogP contribution in [0.2, 0.25) is 0 Å². The van der Waals surface area contributed by atoms with Crippen LogP contribution in [-0.4, -0.2) is 28.8 Å². The fourth-order valence-corrected chi connectivity index (χ4v) is 3.00. The van der Waals surface area contributed by atoms with Crippen LogP contribution in [0.1, 0.15) is 26.8 Å². The summed E-state index contributed by atoms with van der Waals surface area (Å²) in [5.74, 6) is 0.133. The van der Waals surface area contributed by atoms with Crippen LogP contribution in [0, 0.1) is 0 Å². The first-order chi connectivity index (χ1) is 14.5. The molecule has 1 N–H and O–H groups in total. The molecule has 2 aromatic heterocycles. The number of aromatic nitrogens is 2. The molecule has 8 nitrogen and oxygen atoms in total. The molecule has 0 radical (unpaired) electrons. The number of nitrogens with one attached hydrogen (secondary N) is 1. The summed E-state index contributed by atoms with van der Waals surface area (Å²) >= 11 is 0. The van der Waals surface area contributed by atoms with Gasteiger partial charge in [0.25, 0.3) is 5.91 Å². The molecular formula is C22H19N3O5. The number of esters is 1. The molecule has 2 heterocycles. The first-order valence-corrected chi connectivity index (χ1v) is 9.17. The average Bonchev–Trinajstić information content (AvgIpc) is 3.38. The van der Waals surface area contributed by atoms with Crippen LogP contribution >= 0.6 is 0 Å². The molecule has 0 unspecified atom stereocenters. The van der Waals surface area contributed by atoms with E-state index < -0.39 is 11.9 Å². The first-order valence-electron chi connectivity index (χ1n) is 9.17. The van der Waals surface area contributed by atoms with E-state index in [0.29, 0.717) is 11.5 Å². The molecule has 152 valence electrons. The number of furan rings is 1. The minimum atomic E-state index is -0.644. The zero-order chi connectivity index (χ0) is 21.1. The van der Waals surface area contributed by atoms with Gasteiger partial charge >= 0.3 is 5.97 Å².